The highest BCUT2D eigenvalue weighted by Gasteiger charge is 2.21. The summed E-state index contributed by atoms with van der Waals surface area (Å²) in [7, 11) is 0. The maximum Gasteiger partial charge on any atom is 0.222 e. The Morgan fingerprint density at radius 3 is 3.00 bits per heavy atom. The number of carbonyl (C=O) groups excluding carboxylic acids is 1. The summed E-state index contributed by atoms with van der Waals surface area (Å²) < 4.78 is 5.70. The molecule has 0 aromatic heterocycles. The first kappa shape index (κ1) is 16.4. The van der Waals surface area contributed by atoms with Gasteiger partial charge in [0.2, 0.25) is 5.91 Å². The maximum absolute atomic E-state index is 11.7. The van der Waals surface area contributed by atoms with Crippen molar-refractivity contribution in [2.24, 2.45) is 5.92 Å². The van der Waals surface area contributed by atoms with Gasteiger partial charge in [0.1, 0.15) is 0 Å². The highest BCUT2D eigenvalue weighted by molar-refractivity contribution is 5.78. The van der Waals surface area contributed by atoms with Crippen LogP contribution in [0.4, 0.5) is 0 Å². The van der Waals surface area contributed by atoms with Crippen molar-refractivity contribution in [2.75, 3.05) is 45.9 Å². The molecule has 1 heterocycles. The minimum atomic E-state index is 0. The monoisotopic (exact) mass is 275 g/mol. The summed E-state index contributed by atoms with van der Waals surface area (Å²) in [5, 5.41) is 6.32. The summed E-state index contributed by atoms with van der Waals surface area (Å²) >= 11 is 0. The molecule has 1 aliphatic rings. The molecule has 0 aromatic carbocycles. The molecule has 1 aliphatic heterocycles. The van der Waals surface area contributed by atoms with Gasteiger partial charge in [0, 0.05) is 41.5 Å². The molecule has 1 saturated heterocycles. The Hall–Kier alpha value is -0.650. The highest BCUT2D eigenvalue weighted by atomic mass is 16.5. The molecule has 1 unspecified atom stereocenters. The number of hydrogen-bond donors (Lipinski definition) is 2. The number of amides is 1. The van der Waals surface area contributed by atoms with Gasteiger partial charge < -0.3 is 15.4 Å². The van der Waals surface area contributed by atoms with E-state index in [0.717, 1.165) is 45.8 Å². The second-order valence-corrected chi connectivity index (χ2v) is 5.20. The lowest BCUT2D eigenvalue weighted by Gasteiger charge is -2.33. The molecule has 116 valence electrons. The molecule has 2 atom stereocenters. The van der Waals surface area contributed by atoms with E-state index in [2.05, 4.69) is 22.5 Å². The summed E-state index contributed by atoms with van der Waals surface area (Å²) in [4.78, 5) is 14.1. The average Bonchev–Trinajstić information content (AvgIpc) is 2.44. The van der Waals surface area contributed by atoms with Crippen LogP contribution >= 0.6 is 0 Å². The first-order chi connectivity index (χ1) is 9.17. The molecule has 1 rings (SSSR count). The van der Waals surface area contributed by atoms with Gasteiger partial charge in [0.15, 0.2) is 0 Å². The van der Waals surface area contributed by atoms with Gasteiger partial charge in [0.25, 0.3) is 0 Å². The third-order valence-corrected chi connectivity index (χ3v) is 3.64. The predicted octanol–water partition coefficient (Wildman–Crippen LogP) is 0.951. The van der Waals surface area contributed by atoms with Crippen molar-refractivity contribution in [2.45, 2.75) is 33.3 Å². The minimum Gasteiger partial charge on any atom is -0.374 e. The fourth-order valence-electron chi connectivity index (χ4n) is 2.10. The third kappa shape index (κ3) is 6.36. The van der Waals surface area contributed by atoms with Crippen LogP contribution < -0.4 is 10.6 Å². The van der Waals surface area contributed by atoms with Crippen LogP contribution in [-0.2, 0) is 9.53 Å². The Balaban J connectivity index is 0. The van der Waals surface area contributed by atoms with Gasteiger partial charge in [-0.05, 0) is 13.0 Å². The molecule has 5 nitrogen and oxygen atoms in total. The Labute approximate surface area is 120 Å². The molecule has 0 bridgehead atoms. The van der Waals surface area contributed by atoms with Crippen molar-refractivity contribution < 1.29 is 12.4 Å². The number of likely N-dealkylation sites (N-methyl/N-ethyl adjacent to an activating group) is 1. The van der Waals surface area contributed by atoms with E-state index in [1.165, 1.54) is 0 Å². The van der Waals surface area contributed by atoms with E-state index in [-0.39, 0.29) is 20.8 Å². The molecule has 0 saturated carbocycles. The minimum absolute atomic E-state index is 0. The predicted molar refractivity (Wildman–Crippen MR) is 81.4 cm³/mol. The average molecular weight is 275 g/mol. The molecular formula is C14H33N3O2. The second kappa shape index (κ2) is 9.28. The third-order valence-electron chi connectivity index (χ3n) is 3.64. The van der Waals surface area contributed by atoms with E-state index < -0.39 is 0 Å². The first-order valence-electron chi connectivity index (χ1n) is 7.49. The zero-order valence-corrected chi connectivity index (χ0v) is 12.6. The van der Waals surface area contributed by atoms with E-state index in [0.29, 0.717) is 6.54 Å². The van der Waals surface area contributed by atoms with Gasteiger partial charge in [-0.1, -0.05) is 20.8 Å². The fraction of sp³-hybridized carbons (Fsp3) is 0.929. The Kier molecular flexibility index (Phi) is 8.02. The molecule has 0 aromatic rings. The molecule has 0 spiro atoms. The fourth-order valence-corrected chi connectivity index (χ4v) is 2.10. The summed E-state index contributed by atoms with van der Waals surface area (Å²) in [5.41, 5.74) is 0. The second-order valence-electron chi connectivity index (χ2n) is 5.20. The van der Waals surface area contributed by atoms with E-state index >= 15 is 0 Å². The number of carbonyl (C=O) groups is 1. The standard InChI is InChI=1S/C14H29N3O2.2H2/c1-4-12(3)14(18)16-10-13-11-17(8-9-19-13)7-6-15-5-2;;/h12-13,15H,4-11H2,1-3H3,(H,16,18);2*1H/t12?,13-;;/m1../s1. The SMILES string of the molecule is CCNCCN1CCO[C@H](CNC(=O)C(C)CC)C1.[HH].[HH]. The van der Waals surface area contributed by atoms with Crippen molar-refractivity contribution in [1.29, 1.82) is 0 Å². The quantitative estimate of drug-likeness (QED) is 0.648. The number of morpholine rings is 1. The Morgan fingerprint density at radius 2 is 2.32 bits per heavy atom. The van der Waals surface area contributed by atoms with Crippen molar-refractivity contribution >= 4 is 5.91 Å². The van der Waals surface area contributed by atoms with Crippen LogP contribution in [0.3, 0.4) is 0 Å². The van der Waals surface area contributed by atoms with E-state index in [1.807, 2.05) is 13.8 Å². The molecule has 1 fully saturated rings. The maximum atomic E-state index is 11.7. The Bertz CT molecular complexity index is 271. The van der Waals surface area contributed by atoms with Crippen molar-refractivity contribution in [3.05, 3.63) is 0 Å². The topological polar surface area (TPSA) is 53.6 Å². The molecule has 0 radical (unpaired) electrons. The number of rotatable bonds is 8. The lowest BCUT2D eigenvalue weighted by atomic mass is 10.1. The lowest BCUT2D eigenvalue weighted by molar-refractivity contribution is -0.125. The number of nitrogens with one attached hydrogen (secondary N) is 2. The molecule has 0 aliphatic carbocycles. The zero-order valence-electron chi connectivity index (χ0n) is 12.6. The summed E-state index contributed by atoms with van der Waals surface area (Å²) in [6.45, 7) is 12.5. The molecular weight excluding hydrogens is 242 g/mol. The van der Waals surface area contributed by atoms with E-state index in [9.17, 15) is 4.79 Å². The lowest BCUT2D eigenvalue weighted by Crippen LogP contribution is -2.49. The van der Waals surface area contributed by atoms with Gasteiger partial charge in [-0.15, -0.1) is 0 Å². The largest absolute Gasteiger partial charge is 0.374 e. The van der Waals surface area contributed by atoms with Crippen molar-refractivity contribution in [3.63, 3.8) is 0 Å². The van der Waals surface area contributed by atoms with Gasteiger partial charge in [0.05, 0.1) is 12.7 Å². The van der Waals surface area contributed by atoms with Gasteiger partial charge in [-0.2, -0.15) is 0 Å². The summed E-state index contributed by atoms with van der Waals surface area (Å²) in [6.07, 6.45) is 1.01. The summed E-state index contributed by atoms with van der Waals surface area (Å²) in [6, 6.07) is 0. The van der Waals surface area contributed by atoms with Crippen LogP contribution in [0, 0.1) is 5.92 Å². The molecule has 2 N–H and O–H groups in total. The van der Waals surface area contributed by atoms with Crippen LogP contribution in [0.5, 0.6) is 0 Å². The first-order valence-corrected chi connectivity index (χ1v) is 7.49. The van der Waals surface area contributed by atoms with Gasteiger partial charge in [-0.25, -0.2) is 0 Å². The number of nitrogens with zero attached hydrogens (tertiary/aromatic N) is 1. The van der Waals surface area contributed by atoms with Crippen LogP contribution in [0.1, 0.15) is 30.0 Å². The van der Waals surface area contributed by atoms with Gasteiger partial charge in [-0.3, -0.25) is 9.69 Å². The van der Waals surface area contributed by atoms with Crippen LogP contribution in [0.25, 0.3) is 0 Å². The number of ether oxygens (including phenoxy) is 1. The Morgan fingerprint density at radius 1 is 1.53 bits per heavy atom. The van der Waals surface area contributed by atoms with Crippen LogP contribution in [0.2, 0.25) is 0 Å². The van der Waals surface area contributed by atoms with Crippen LogP contribution in [0.15, 0.2) is 0 Å². The van der Waals surface area contributed by atoms with E-state index in [4.69, 9.17) is 4.74 Å². The highest BCUT2D eigenvalue weighted by Crippen LogP contribution is 2.05. The molecule has 1 amide bonds. The zero-order chi connectivity index (χ0) is 14.1. The normalized spacial score (nSPS) is 22.2. The molecule has 19 heavy (non-hydrogen) atoms. The van der Waals surface area contributed by atoms with Crippen LogP contribution in [-0.4, -0.2) is 62.8 Å². The smallest absolute Gasteiger partial charge is 0.222 e. The van der Waals surface area contributed by atoms with Crippen molar-refractivity contribution in [3.8, 4) is 0 Å². The number of hydrogen-bond acceptors (Lipinski definition) is 4. The summed E-state index contributed by atoms with van der Waals surface area (Å²) in [5.74, 6) is 0.226. The molecule has 5 heteroatoms. The van der Waals surface area contributed by atoms with Crippen molar-refractivity contribution in [1.82, 2.24) is 15.5 Å². The van der Waals surface area contributed by atoms with E-state index in [1.54, 1.807) is 0 Å². The van der Waals surface area contributed by atoms with Gasteiger partial charge >= 0.3 is 0 Å².